The molecule has 1 aliphatic heterocycles. The Morgan fingerprint density at radius 2 is 2.29 bits per heavy atom. The van der Waals surface area contributed by atoms with E-state index in [4.69, 9.17) is 4.74 Å². The summed E-state index contributed by atoms with van der Waals surface area (Å²) in [6.07, 6.45) is 4.63. The van der Waals surface area contributed by atoms with Crippen molar-refractivity contribution in [3.63, 3.8) is 0 Å². The maximum Gasteiger partial charge on any atom is 0.254 e. The molecular weight excluding hydrogens is 310 g/mol. The molecule has 1 amide bonds. The van der Waals surface area contributed by atoms with Crippen molar-refractivity contribution in [2.75, 3.05) is 20.2 Å². The summed E-state index contributed by atoms with van der Waals surface area (Å²) in [5, 5.41) is 18.5. The fourth-order valence-electron chi connectivity index (χ4n) is 3.08. The first-order valence-electron chi connectivity index (χ1n) is 7.87. The number of aliphatic hydroxyl groups is 1. The Kier molecular flexibility index (Phi) is 4.48. The molecule has 1 unspecified atom stereocenters. The minimum atomic E-state index is -1.01. The van der Waals surface area contributed by atoms with Crippen molar-refractivity contribution in [1.29, 1.82) is 0 Å². The monoisotopic (exact) mass is 331 g/mol. The van der Waals surface area contributed by atoms with Crippen LogP contribution in [-0.2, 0) is 6.54 Å². The molecule has 1 saturated heterocycles. The van der Waals surface area contributed by atoms with Crippen LogP contribution in [0.1, 0.15) is 28.9 Å². The first kappa shape index (κ1) is 16.4. The number of methoxy groups -OCH3 is 1. The quantitative estimate of drug-likeness (QED) is 0.884. The molecule has 3 heterocycles. The van der Waals surface area contributed by atoms with Gasteiger partial charge < -0.3 is 14.7 Å². The van der Waals surface area contributed by atoms with Crippen molar-refractivity contribution in [1.82, 2.24) is 24.9 Å². The zero-order valence-corrected chi connectivity index (χ0v) is 13.8. The van der Waals surface area contributed by atoms with Crippen molar-refractivity contribution in [2.45, 2.75) is 31.9 Å². The van der Waals surface area contributed by atoms with E-state index in [0.717, 1.165) is 6.42 Å². The highest BCUT2D eigenvalue weighted by molar-refractivity contribution is 5.94. The van der Waals surface area contributed by atoms with E-state index < -0.39 is 5.60 Å². The largest absolute Gasteiger partial charge is 0.481 e. The molecule has 8 heteroatoms. The van der Waals surface area contributed by atoms with Gasteiger partial charge in [0.25, 0.3) is 5.91 Å². The Labute approximate surface area is 140 Å². The Morgan fingerprint density at radius 3 is 3.00 bits per heavy atom. The van der Waals surface area contributed by atoms with Crippen LogP contribution in [0.5, 0.6) is 5.88 Å². The van der Waals surface area contributed by atoms with Gasteiger partial charge in [0.1, 0.15) is 5.60 Å². The second-order valence-corrected chi connectivity index (χ2v) is 6.19. The number of likely N-dealkylation sites (tertiary alicyclic amines) is 1. The van der Waals surface area contributed by atoms with Gasteiger partial charge in [-0.15, -0.1) is 5.10 Å². The molecule has 0 spiro atoms. The number of aryl methyl sites for hydroxylation is 1. The predicted molar refractivity (Wildman–Crippen MR) is 85.6 cm³/mol. The highest BCUT2D eigenvalue weighted by Crippen LogP contribution is 2.25. The topological polar surface area (TPSA) is 93.4 Å². The number of carbonyl (C=O) groups is 1. The Balaban J connectivity index is 1.76. The fourth-order valence-corrected chi connectivity index (χ4v) is 3.08. The number of amides is 1. The summed E-state index contributed by atoms with van der Waals surface area (Å²) in [6.45, 7) is 3.00. The van der Waals surface area contributed by atoms with Crippen molar-refractivity contribution in [3.8, 4) is 5.88 Å². The number of pyridine rings is 1. The summed E-state index contributed by atoms with van der Waals surface area (Å²) in [5.41, 5.74) is 0.227. The van der Waals surface area contributed by atoms with Crippen LogP contribution in [0.25, 0.3) is 0 Å². The maximum absolute atomic E-state index is 12.8. The van der Waals surface area contributed by atoms with Gasteiger partial charge in [-0.1, -0.05) is 5.21 Å². The number of piperidine rings is 1. The summed E-state index contributed by atoms with van der Waals surface area (Å²) in [7, 11) is 1.52. The molecule has 2 aromatic heterocycles. The molecule has 8 nitrogen and oxygen atoms in total. The molecule has 0 bridgehead atoms. The molecule has 0 radical (unpaired) electrons. The van der Waals surface area contributed by atoms with Crippen molar-refractivity contribution in [2.24, 2.45) is 0 Å². The van der Waals surface area contributed by atoms with E-state index in [0.29, 0.717) is 36.6 Å². The molecule has 128 valence electrons. The van der Waals surface area contributed by atoms with Gasteiger partial charge >= 0.3 is 0 Å². The summed E-state index contributed by atoms with van der Waals surface area (Å²) >= 11 is 0. The lowest BCUT2D eigenvalue weighted by molar-refractivity contribution is -0.0387. The minimum absolute atomic E-state index is 0.129. The Bertz CT molecular complexity index is 719. The zero-order valence-electron chi connectivity index (χ0n) is 13.8. The van der Waals surface area contributed by atoms with E-state index in [1.54, 1.807) is 34.1 Å². The van der Waals surface area contributed by atoms with Gasteiger partial charge in [0.15, 0.2) is 0 Å². The number of β-amino-alcohol motifs (C(OH)–C–C–N with tert-alkyl or cyclic N) is 1. The minimum Gasteiger partial charge on any atom is -0.481 e. The van der Waals surface area contributed by atoms with Crippen molar-refractivity contribution in [3.05, 3.63) is 35.8 Å². The Hall–Kier alpha value is -2.48. The van der Waals surface area contributed by atoms with Gasteiger partial charge in [0, 0.05) is 30.1 Å². The van der Waals surface area contributed by atoms with Crippen LogP contribution in [0.3, 0.4) is 0 Å². The van der Waals surface area contributed by atoms with Crippen LogP contribution < -0.4 is 4.74 Å². The molecule has 0 saturated carbocycles. The molecule has 1 N–H and O–H groups in total. The summed E-state index contributed by atoms with van der Waals surface area (Å²) in [6, 6.07) is 3.36. The predicted octanol–water partition coefficient (Wildman–Crippen LogP) is 0.657. The zero-order chi connectivity index (χ0) is 17.2. The normalized spacial score (nSPS) is 20.9. The van der Waals surface area contributed by atoms with Crippen LogP contribution in [0.2, 0.25) is 0 Å². The second-order valence-electron chi connectivity index (χ2n) is 6.19. The van der Waals surface area contributed by atoms with Crippen LogP contribution in [0.15, 0.2) is 24.5 Å². The third kappa shape index (κ3) is 3.53. The molecule has 0 aromatic carbocycles. The van der Waals surface area contributed by atoms with Crippen LogP contribution in [0.4, 0.5) is 0 Å². The van der Waals surface area contributed by atoms with Gasteiger partial charge in [-0.3, -0.25) is 4.79 Å². The lowest BCUT2D eigenvalue weighted by Gasteiger charge is -2.39. The molecule has 2 aromatic rings. The number of hydrogen-bond acceptors (Lipinski definition) is 6. The first-order valence-corrected chi connectivity index (χ1v) is 7.87. The lowest BCUT2D eigenvalue weighted by Crippen LogP contribution is -2.52. The van der Waals surface area contributed by atoms with E-state index in [-0.39, 0.29) is 12.5 Å². The summed E-state index contributed by atoms with van der Waals surface area (Å²) in [4.78, 5) is 18.7. The number of hydrogen-bond donors (Lipinski definition) is 1. The Morgan fingerprint density at radius 1 is 1.46 bits per heavy atom. The van der Waals surface area contributed by atoms with Crippen molar-refractivity contribution >= 4 is 5.91 Å². The summed E-state index contributed by atoms with van der Waals surface area (Å²) in [5.74, 6) is 0.281. The third-order valence-corrected chi connectivity index (χ3v) is 4.16. The number of rotatable bonds is 4. The summed E-state index contributed by atoms with van der Waals surface area (Å²) < 4.78 is 6.73. The van der Waals surface area contributed by atoms with Crippen LogP contribution >= 0.6 is 0 Å². The van der Waals surface area contributed by atoms with Crippen LogP contribution in [0, 0.1) is 6.92 Å². The number of carbonyl (C=O) groups excluding carboxylic acids is 1. The molecule has 1 aliphatic rings. The van der Waals surface area contributed by atoms with Gasteiger partial charge in [-0.25, -0.2) is 9.67 Å². The van der Waals surface area contributed by atoms with E-state index in [2.05, 4.69) is 15.3 Å². The highest BCUT2D eigenvalue weighted by Gasteiger charge is 2.36. The second kappa shape index (κ2) is 6.56. The van der Waals surface area contributed by atoms with Gasteiger partial charge in [0.2, 0.25) is 5.88 Å². The number of nitrogens with zero attached hydrogens (tertiary/aromatic N) is 5. The molecule has 24 heavy (non-hydrogen) atoms. The van der Waals surface area contributed by atoms with Gasteiger partial charge in [-0.2, -0.15) is 0 Å². The average Bonchev–Trinajstić information content (AvgIpc) is 3.05. The number of ether oxygens (including phenoxy) is 1. The first-order chi connectivity index (χ1) is 11.5. The van der Waals surface area contributed by atoms with E-state index in [1.807, 2.05) is 6.92 Å². The third-order valence-electron chi connectivity index (χ3n) is 4.16. The lowest BCUT2D eigenvalue weighted by atomic mass is 9.92. The van der Waals surface area contributed by atoms with Crippen molar-refractivity contribution < 1.29 is 14.6 Å². The highest BCUT2D eigenvalue weighted by atomic mass is 16.5. The van der Waals surface area contributed by atoms with Crippen LogP contribution in [-0.4, -0.2) is 61.7 Å². The number of aromatic nitrogens is 4. The smallest absolute Gasteiger partial charge is 0.254 e. The van der Waals surface area contributed by atoms with Gasteiger partial charge in [0.05, 0.1) is 26.4 Å². The molecular formula is C16H21N5O3. The van der Waals surface area contributed by atoms with E-state index in [9.17, 15) is 9.90 Å². The van der Waals surface area contributed by atoms with Gasteiger partial charge in [-0.05, 0) is 25.8 Å². The van der Waals surface area contributed by atoms with E-state index >= 15 is 0 Å². The SMILES string of the molecule is COc1cc(C(=O)N2CCCC(O)(Cn3ccnn3)C2)cc(C)n1. The maximum atomic E-state index is 12.8. The molecule has 0 aliphatic carbocycles. The van der Waals surface area contributed by atoms with E-state index in [1.165, 1.54) is 7.11 Å². The molecule has 1 atom stereocenters. The fraction of sp³-hybridized carbons (Fsp3) is 0.500. The average molecular weight is 331 g/mol. The molecule has 3 rings (SSSR count). The standard InChI is InChI=1S/C16H21N5O3/c1-12-8-13(9-14(18-12)24-2)15(22)20-6-3-4-16(23,10-20)11-21-7-5-17-19-21/h5,7-9,23H,3-4,6,10-11H2,1-2H3. The molecule has 1 fully saturated rings.